The highest BCUT2D eigenvalue weighted by Gasteiger charge is 2.38. The first-order valence-electron chi connectivity index (χ1n) is 8.09. The number of rotatable bonds is 4. The Labute approximate surface area is 117 Å². The lowest BCUT2D eigenvalue weighted by Crippen LogP contribution is -2.48. The van der Waals surface area contributed by atoms with E-state index in [0.29, 0.717) is 12.1 Å². The summed E-state index contributed by atoms with van der Waals surface area (Å²) in [6.07, 6.45) is 6.05. The summed E-state index contributed by atoms with van der Waals surface area (Å²) in [5.74, 6) is 0. The topological polar surface area (TPSA) is 19.0 Å². The van der Waals surface area contributed by atoms with Gasteiger partial charge in [-0.1, -0.05) is 6.42 Å². The highest BCUT2D eigenvalue weighted by molar-refractivity contribution is 4.93. The van der Waals surface area contributed by atoms with Gasteiger partial charge in [-0.3, -0.25) is 9.80 Å². The predicted octanol–water partition coefficient (Wildman–Crippen LogP) is 0.877. The van der Waals surface area contributed by atoms with E-state index in [1.54, 1.807) is 0 Å². The fourth-order valence-corrected chi connectivity index (χ4v) is 3.82. The van der Waals surface area contributed by atoms with Crippen LogP contribution in [0, 0.1) is 0 Å². The predicted molar refractivity (Wildman–Crippen MR) is 77.5 cm³/mol. The maximum absolute atomic E-state index is 5.91. The van der Waals surface area contributed by atoms with Crippen LogP contribution >= 0.6 is 0 Å². The Morgan fingerprint density at radius 2 is 1.74 bits per heavy atom. The molecule has 4 heteroatoms. The van der Waals surface area contributed by atoms with Crippen LogP contribution in [0.1, 0.15) is 25.7 Å². The number of morpholine rings is 1. The van der Waals surface area contributed by atoms with Gasteiger partial charge in [0.25, 0.3) is 0 Å². The van der Waals surface area contributed by atoms with Crippen molar-refractivity contribution < 1.29 is 4.74 Å². The van der Waals surface area contributed by atoms with Crippen molar-refractivity contribution in [3.05, 3.63) is 0 Å². The van der Waals surface area contributed by atoms with Crippen molar-refractivity contribution in [1.29, 1.82) is 0 Å². The van der Waals surface area contributed by atoms with Crippen LogP contribution in [0.25, 0.3) is 0 Å². The zero-order valence-corrected chi connectivity index (χ0v) is 12.4. The van der Waals surface area contributed by atoms with Crippen molar-refractivity contribution in [1.82, 2.24) is 14.7 Å². The molecule has 0 bridgehead atoms. The highest BCUT2D eigenvalue weighted by Crippen LogP contribution is 2.21. The minimum atomic E-state index is 0.466. The smallest absolute Gasteiger partial charge is 0.0869 e. The molecule has 3 rings (SSSR count). The first kappa shape index (κ1) is 13.8. The summed E-state index contributed by atoms with van der Waals surface area (Å²) < 4.78 is 5.91. The average Bonchev–Trinajstić information content (AvgIpc) is 2.84. The quantitative estimate of drug-likeness (QED) is 0.752. The summed E-state index contributed by atoms with van der Waals surface area (Å²) in [4.78, 5) is 7.75. The molecule has 0 aromatic rings. The Bertz CT molecular complexity index is 281. The van der Waals surface area contributed by atoms with E-state index >= 15 is 0 Å². The van der Waals surface area contributed by atoms with Crippen molar-refractivity contribution in [2.24, 2.45) is 0 Å². The third kappa shape index (κ3) is 3.48. The van der Waals surface area contributed by atoms with Gasteiger partial charge < -0.3 is 9.64 Å². The summed E-state index contributed by atoms with van der Waals surface area (Å²) >= 11 is 0. The maximum Gasteiger partial charge on any atom is 0.0869 e. The van der Waals surface area contributed by atoms with Crippen LogP contribution in [-0.4, -0.2) is 86.3 Å². The number of likely N-dealkylation sites (N-methyl/N-ethyl adjacent to an activating group) is 1. The molecule has 19 heavy (non-hydrogen) atoms. The zero-order valence-electron chi connectivity index (χ0n) is 12.4. The Balaban J connectivity index is 1.37. The molecule has 0 radical (unpaired) electrons. The summed E-state index contributed by atoms with van der Waals surface area (Å²) in [6.45, 7) is 9.58. The number of hydrogen-bond donors (Lipinski definition) is 0. The minimum Gasteiger partial charge on any atom is -0.374 e. The molecule has 3 aliphatic rings. The van der Waals surface area contributed by atoms with Gasteiger partial charge in [0, 0.05) is 25.7 Å². The van der Waals surface area contributed by atoms with Crippen molar-refractivity contribution in [3.8, 4) is 0 Å². The number of piperidine rings is 1. The summed E-state index contributed by atoms with van der Waals surface area (Å²) in [5, 5.41) is 0. The number of ether oxygens (including phenoxy) is 1. The molecule has 3 heterocycles. The monoisotopic (exact) mass is 267 g/mol. The van der Waals surface area contributed by atoms with Gasteiger partial charge in [-0.15, -0.1) is 0 Å². The Hall–Kier alpha value is -0.160. The molecule has 0 aromatic heterocycles. The van der Waals surface area contributed by atoms with Crippen molar-refractivity contribution >= 4 is 0 Å². The molecule has 0 spiro atoms. The summed E-state index contributed by atoms with van der Waals surface area (Å²) in [7, 11) is 2.25. The van der Waals surface area contributed by atoms with Crippen molar-refractivity contribution in [2.75, 3.05) is 59.5 Å². The Morgan fingerprint density at radius 1 is 0.947 bits per heavy atom. The van der Waals surface area contributed by atoms with Gasteiger partial charge in [0.15, 0.2) is 0 Å². The molecule has 2 atom stereocenters. The molecule has 0 aromatic carbocycles. The molecule has 0 aliphatic carbocycles. The van der Waals surface area contributed by atoms with Crippen molar-refractivity contribution in [3.63, 3.8) is 0 Å². The van der Waals surface area contributed by atoms with Crippen LogP contribution < -0.4 is 0 Å². The molecule has 110 valence electrons. The van der Waals surface area contributed by atoms with Crippen LogP contribution in [0.2, 0.25) is 0 Å². The lowest BCUT2D eigenvalue weighted by atomic mass is 10.1. The summed E-state index contributed by atoms with van der Waals surface area (Å²) in [5.41, 5.74) is 0. The molecular weight excluding hydrogens is 238 g/mol. The summed E-state index contributed by atoms with van der Waals surface area (Å²) in [6, 6.07) is 0.642. The number of fused-ring (bicyclic) bond motifs is 1. The van der Waals surface area contributed by atoms with E-state index in [4.69, 9.17) is 4.74 Å². The van der Waals surface area contributed by atoms with Gasteiger partial charge in [-0.05, 0) is 52.5 Å². The molecule has 0 amide bonds. The van der Waals surface area contributed by atoms with E-state index in [1.807, 2.05) is 0 Å². The highest BCUT2D eigenvalue weighted by atomic mass is 16.5. The lowest BCUT2D eigenvalue weighted by molar-refractivity contribution is -0.0369. The number of hydrogen-bond acceptors (Lipinski definition) is 4. The zero-order chi connectivity index (χ0) is 13.1. The Kier molecular flexibility index (Phi) is 4.74. The van der Waals surface area contributed by atoms with E-state index in [0.717, 1.165) is 19.7 Å². The molecule has 0 N–H and O–H groups in total. The van der Waals surface area contributed by atoms with Crippen LogP contribution in [0.5, 0.6) is 0 Å². The fraction of sp³-hybridized carbons (Fsp3) is 1.00. The molecular formula is C15H29N3O. The second-order valence-electron chi connectivity index (χ2n) is 6.47. The van der Waals surface area contributed by atoms with Crippen molar-refractivity contribution in [2.45, 2.75) is 37.8 Å². The number of nitrogens with zero attached hydrogens (tertiary/aromatic N) is 3. The first-order chi connectivity index (χ1) is 9.33. The van der Waals surface area contributed by atoms with Crippen LogP contribution in [-0.2, 0) is 4.74 Å². The van der Waals surface area contributed by atoms with E-state index in [1.165, 1.54) is 58.4 Å². The minimum absolute atomic E-state index is 0.466. The van der Waals surface area contributed by atoms with Gasteiger partial charge in [-0.2, -0.15) is 0 Å². The third-order valence-electron chi connectivity index (χ3n) is 5.05. The second kappa shape index (κ2) is 6.53. The van der Waals surface area contributed by atoms with Gasteiger partial charge >= 0.3 is 0 Å². The van der Waals surface area contributed by atoms with Crippen LogP contribution in [0.3, 0.4) is 0 Å². The Morgan fingerprint density at radius 3 is 2.53 bits per heavy atom. The SMILES string of the molecule is CN1CCO[C@@H]2CN(CCCN3CCCCC3)C[C@H]21. The van der Waals surface area contributed by atoms with E-state index < -0.39 is 0 Å². The van der Waals surface area contributed by atoms with E-state index in [2.05, 4.69) is 21.7 Å². The van der Waals surface area contributed by atoms with Gasteiger partial charge in [0.2, 0.25) is 0 Å². The molecule has 3 aliphatic heterocycles. The number of likely N-dealkylation sites (tertiary alicyclic amines) is 2. The molecule has 4 nitrogen and oxygen atoms in total. The van der Waals surface area contributed by atoms with Gasteiger partial charge in [-0.25, -0.2) is 0 Å². The third-order valence-corrected chi connectivity index (χ3v) is 5.05. The fourth-order valence-electron chi connectivity index (χ4n) is 3.82. The molecule has 3 saturated heterocycles. The standard InChI is InChI=1S/C15H29N3O/c1-16-10-11-19-15-13-18(12-14(15)16)9-5-8-17-6-3-2-4-7-17/h14-15H,2-13H2,1H3/t14-,15-/m1/s1. The largest absolute Gasteiger partial charge is 0.374 e. The molecule has 0 saturated carbocycles. The lowest BCUT2D eigenvalue weighted by Gasteiger charge is -2.33. The second-order valence-corrected chi connectivity index (χ2v) is 6.47. The first-order valence-corrected chi connectivity index (χ1v) is 8.09. The normalized spacial score (nSPS) is 34.6. The van der Waals surface area contributed by atoms with E-state index in [-0.39, 0.29) is 0 Å². The van der Waals surface area contributed by atoms with E-state index in [9.17, 15) is 0 Å². The maximum atomic E-state index is 5.91. The van der Waals surface area contributed by atoms with Gasteiger partial charge in [0.05, 0.1) is 12.7 Å². The average molecular weight is 267 g/mol. The molecule has 0 unspecified atom stereocenters. The van der Waals surface area contributed by atoms with Gasteiger partial charge in [0.1, 0.15) is 0 Å². The van der Waals surface area contributed by atoms with Crippen LogP contribution in [0.15, 0.2) is 0 Å². The molecule has 3 fully saturated rings. The van der Waals surface area contributed by atoms with Crippen LogP contribution in [0.4, 0.5) is 0 Å².